The highest BCUT2D eigenvalue weighted by molar-refractivity contribution is 7.99. The topological polar surface area (TPSA) is 20.2 Å². The highest BCUT2D eigenvalue weighted by Crippen LogP contribution is 2.28. The van der Waals surface area contributed by atoms with Gasteiger partial charge >= 0.3 is 0 Å². The average Bonchev–Trinajstić information content (AvgIpc) is 2.15. The third kappa shape index (κ3) is 2.13. The Morgan fingerprint density at radius 1 is 1.70 bits per heavy atom. The zero-order valence-electron chi connectivity index (χ0n) is 6.09. The lowest BCUT2D eigenvalue weighted by Crippen LogP contribution is -2.20. The summed E-state index contributed by atoms with van der Waals surface area (Å²) in [4.78, 5) is 0. The van der Waals surface area contributed by atoms with Crippen LogP contribution in [0.4, 0.5) is 4.39 Å². The molecule has 0 amide bonds. The number of alkyl halides is 1. The van der Waals surface area contributed by atoms with E-state index in [1.54, 1.807) is 18.7 Å². The van der Waals surface area contributed by atoms with E-state index in [9.17, 15) is 9.50 Å². The van der Waals surface area contributed by atoms with Crippen LogP contribution < -0.4 is 0 Å². The molecule has 0 aromatic rings. The Balaban J connectivity index is 2.26. The van der Waals surface area contributed by atoms with Crippen LogP contribution in [-0.2, 0) is 0 Å². The van der Waals surface area contributed by atoms with Crippen LogP contribution in [-0.4, -0.2) is 28.9 Å². The normalized spacial score (nSPS) is 36.3. The van der Waals surface area contributed by atoms with Crippen molar-refractivity contribution in [3.05, 3.63) is 0 Å². The van der Waals surface area contributed by atoms with Crippen molar-refractivity contribution in [1.29, 1.82) is 0 Å². The van der Waals surface area contributed by atoms with Gasteiger partial charge < -0.3 is 5.11 Å². The Hall–Kier alpha value is 0.240. The lowest BCUT2D eigenvalue weighted by atomic mass is 10.0. The summed E-state index contributed by atoms with van der Waals surface area (Å²) in [5.74, 6) is 1.91. The van der Waals surface area contributed by atoms with E-state index in [2.05, 4.69) is 0 Å². The number of aliphatic hydroxyl groups is 1. The first-order chi connectivity index (χ1) is 4.70. The maximum absolute atomic E-state index is 12.4. The van der Waals surface area contributed by atoms with Gasteiger partial charge in [0, 0.05) is 5.75 Å². The molecule has 1 fully saturated rings. The summed E-state index contributed by atoms with van der Waals surface area (Å²) in [7, 11) is 0. The van der Waals surface area contributed by atoms with Crippen LogP contribution in [0.15, 0.2) is 0 Å². The first-order valence-electron chi connectivity index (χ1n) is 3.60. The van der Waals surface area contributed by atoms with Crippen LogP contribution in [0.5, 0.6) is 0 Å². The zero-order chi connectivity index (χ0) is 7.56. The lowest BCUT2D eigenvalue weighted by molar-refractivity contribution is 0.127. The minimum atomic E-state index is -0.765. The van der Waals surface area contributed by atoms with Crippen LogP contribution in [0.2, 0.25) is 0 Å². The highest BCUT2D eigenvalue weighted by Gasteiger charge is 2.26. The van der Waals surface area contributed by atoms with E-state index in [4.69, 9.17) is 0 Å². The summed E-state index contributed by atoms with van der Waals surface area (Å²) in [6.07, 6.45) is -0.504. The molecule has 1 rings (SSSR count). The average molecular weight is 164 g/mol. The fourth-order valence-corrected chi connectivity index (χ4v) is 2.54. The standard InChI is InChI=1S/C7H13FOS/c1-5(8)2-6-3-10-4-7(6)9/h5-7,9H,2-4H2,1H3. The van der Waals surface area contributed by atoms with Gasteiger partial charge in [0.05, 0.1) is 12.3 Å². The number of halogens is 1. The fraction of sp³-hybridized carbons (Fsp3) is 1.00. The van der Waals surface area contributed by atoms with E-state index >= 15 is 0 Å². The predicted octanol–water partition coefficient (Wildman–Crippen LogP) is 1.46. The molecule has 0 bridgehead atoms. The van der Waals surface area contributed by atoms with Crippen molar-refractivity contribution in [3.63, 3.8) is 0 Å². The number of rotatable bonds is 2. The molecule has 3 unspecified atom stereocenters. The Kier molecular flexibility index (Phi) is 2.98. The molecule has 1 heterocycles. The summed E-state index contributed by atoms with van der Waals surface area (Å²) in [5, 5.41) is 9.25. The fourth-order valence-electron chi connectivity index (χ4n) is 1.23. The molecular weight excluding hydrogens is 151 g/mol. The molecule has 0 radical (unpaired) electrons. The maximum Gasteiger partial charge on any atom is 0.0977 e. The molecule has 60 valence electrons. The van der Waals surface area contributed by atoms with Crippen molar-refractivity contribution in [1.82, 2.24) is 0 Å². The predicted molar refractivity (Wildman–Crippen MR) is 42.0 cm³/mol. The quantitative estimate of drug-likeness (QED) is 0.666. The molecule has 10 heavy (non-hydrogen) atoms. The molecule has 1 N–H and O–H groups in total. The van der Waals surface area contributed by atoms with E-state index < -0.39 is 6.17 Å². The molecule has 0 aromatic heterocycles. The number of aliphatic hydroxyl groups excluding tert-OH is 1. The number of hydrogen-bond donors (Lipinski definition) is 1. The van der Waals surface area contributed by atoms with Gasteiger partial charge in [-0.1, -0.05) is 0 Å². The largest absolute Gasteiger partial charge is 0.392 e. The molecule has 0 spiro atoms. The first-order valence-corrected chi connectivity index (χ1v) is 4.75. The maximum atomic E-state index is 12.4. The third-order valence-electron chi connectivity index (χ3n) is 1.79. The SMILES string of the molecule is CC(F)CC1CSCC1O. The molecule has 0 aromatic carbocycles. The van der Waals surface area contributed by atoms with Crippen LogP contribution >= 0.6 is 11.8 Å². The summed E-state index contributed by atoms with van der Waals surface area (Å²) in [6.45, 7) is 1.55. The Labute approximate surface area is 65.0 Å². The van der Waals surface area contributed by atoms with Crippen molar-refractivity contribution < 1.29 is 9.50 Å². The van der Waals surface area contributed by atoms with E-state index in [-0.39, 0.29) is 12.0 Å². The van der Waals surface area contributed by atoms with Gasteiger partial charge in [0.2, 0.25) is 0 Å². The monoisotopic (exact) mass is 164 g/mol. The molecule has 3 atom stereocenters. The molecule has 1 aliphatic rings. The van der Waals surface area contributed by atoms with Crippen molar-refractivity contribution in [2.45, 2.75) is 25.6 Å². The van der Waals surface area contributed by atoms with Crippen molar-refractivity contribution in [2.24, 2.45) is 5.92 Å². The molecule has 1 nitrogen and oxygen atoms in total. The molecule has 1 aliphatic heterocycles. The molecule has 0 aliphatic carbocycles. The second-order valence-electron chi connectivity index (χ2n) is 2.88. The molecule has 0 saturated carbocycles. The van der Waals surface area contributed by atoms with E-state index in [1.807, 2.05) is 0 Å². The third-order valence-corrected chi connectivity index (χ3v) is 3.03. The van der Waals surface area contributed by atoms with Gasteiger partial charge in [-0.15, -0.1) is 0 Å². The second-order valence-corrected chi connectivity index (χ2v) is 3.96. The van der Waals surface area contributed by atoms with Crippen molar-refractivity contribution in [3.8, 4) is 0 Å². The first kappa shape index (κ1) is 8.34. The van der Waals surface area contributed by atoms with Gasteiger partial charge in [0.25, 0.3) is 0 Å². The van der Waals surface area contributed by atoms with E-state index in [0.29, 0.717) is 6.42 Å². The van der Waals surface area contributed by atoms with Gasteiger partial charge in [-0.25, -0.2) is 4.39 Å². The van der Waals surface area contributed by atoms with Crippen molar-refractivity contribution >= 4 is 11.8 Å². The Morgan fingerprint density at radius 2 is 2.40 bits per heavy atom. The second kappa shape index (κ2) is 3.58. The van der Waals surface area contributed by atoms with Crippen LogP contribution in [0.25, 0.3) is 0 Å². The van der Waals surface area contributed by atoms with Crippen LogP contribution in [0.1, 0.15) is 13.3 Å². The summed E-state index contributed by atoms with van der Waals surface area (Å²) in [5.41, 5.74) is 0. The summed E-state index contributed by atoms with van der Waals surface area (Å²) in [6, 6.07) is 0. The summed E-state index contributed by atoms with van der Waals surface area (Å²) >= 11 is 1.72. The zero-order valence-corrected chi connectivity index (χ0v) is 6.90. The lowest BCUT2D eigenvalue weighted by Gasteiger charge is -2.12. The van der Waals surface area contributed by atoms with E-state index in [1.165, 1.54) is 0 Å². The number of hydrogen-bond acceptors (Lipinski definition) is 2. The highest BCUT2D eigenvalue weighted by atomic mass is 32.2. The van der Waals surface area contributed by atoms with Gasteiger partial charge in [0.1, 0.15) is 0 Å². The number of thioether (sulfide) groups is 1. The Bertz CT molecular complexity index is 108. The molecule has 3 heteroatoms. The smallest absolute Gasteiger partial charge is 0.0977 e. The van der Waals surface area contributed by atoms with Crippen molar-refractivity contribution in [2.75, 3.05) is 11.5 Å². The summed E-state index contributed by atoms with van der Waals surface area (Å²) < 4.78 is 12.4. The molecular formula is C7H13FOS. The van der Waals surface area contributed by atoms with Gasteiger partial charge in [0.15, 0.2) is 0 Å². The minimum absolute atomic E-state index is 0.199. The molecule has 1 saturated heterocycles. The minimum Gasteiger partial charge on any atom is -0.392 e. The van der Waals surface area contributed by atoms with Crippen LogP contribution in [0, 0.1) is 5.92 Å². The Morgan fingerprint density at radius 3 is 2.80 bits per heavy atom. The van der Waals surface area contributed by atoms with E-state index in [0.717, 1.165) is 11.5 Å². The van der Waals surface area contributed by atoms with Gasteiger partial charge in [-0.05, 0) is 25.0 Å². The van der Waals surface area contributed by atoms with Crippen LogP contribution in [0.3, 0.4) is 0 Å². The van der Waals surface area contributed by atoms with Gasteiger partial charge in [-0.2, -0.15) is 11.8 Å². The van der Waals surface area contributed by atoms with Gasteiger partial charge in [-0.3, -0.25) is 0 Å².